The van der Waals surface area contributed by atoms with Crippen molar-refractivity contribution in [1.29, 1.82) is 0 Å². The summed E-state index contributed by atoms with van der Waals surface area (Å²) in [6.07, 6.45) is 3.36. The molecule has 0 saturated carbocycles. The van der Waals surface area contributed by atoms with Crippen LogP contribution in [0.5, 0.6) is 0 Å². The maximum atomic E-state index is 13.4. The Kier molecular flexibility index (Phi) is 2.68. The Morgan fingerprint density at radius 2 is 2.18 bits per heavy atom. The predicted octanol–water partition coefficient (Wildman–Crippen LogP) is 0.549. The van der Waals surface area contributed by atoms with E-state index < -0.39 is 21.0 Å². The molecule has 90 valence electrons. The fourth-order valence-corrected chi connectivity index (χ4v) is 2.05. The SMILES string of the molecule is CC=Cc1ccc2nc(F)c(S(N)(=O)=O)n2n1. The smallest absolute Gasteiger partial charge is 0.223 e. The largest absolute Gasteiger partial charge is 0.260 e. The van der Waals surface area contributed by atoms with Gasteiger partial charge in [-0.3, -0.25) is 0 Å². The van der Waals surface area contributed by atoms with Crippen LogP contribution in [0.2, 0.25) is 0 Å². The number of hydrogen-bond acceptors (Lipinski definition) is 4. The number of primary sulfonamides is 1. The van der Waals surface area contributed by atoms with Gasteiger partial charge in [-0.1, -0.05) is 6.08 Å². The first kappa shape index (κ1) is 11.7. The molecule has 0 atom stereocenters. The Bertz CT molecular complexity index is 705. The summed E-state index contributed by atoms with van der Waals surface area (Å²) in [5.41, 5.74) is 0.557. The van der Waals surface area contributed by atoms with E-state index in [1.807, 2.05) is 0 Å². The second-order valence-corrected chi connectivity index (χ2v) is 4.76. The standard InChI is InChI=1S/C9H9FN4O2S/c1-2-3-6-4-5-7-12-8(10)9(14(7)13-6)17(11,15)16/h2-5H,1H3,(H2,11,15,16). The summed E-state index contributed by atoms with van der Waals surface area (Å²) < 4.78 is 36.7. The molecule has 0 unspecified atom stereocenters. The highest BCUT2D eigenvalue weighted by atomic mass is 32.2. The molecule has 0 aliphatic carbocycles. The van der Waals surface area contributed by atoms with E-state index in [0.717, 1.165) is 4.52 Å². The summed E-state index contributed by atoms with van der Waals surface area (Å²) in [5.74, 6) is -1.15. The van der Waals surface area contributed by atoms with E-state index in [0.29, 0.717) is 5.69 Å². The first-order valence-electron chi connectivity index (χ1n) is 4.64. The zero-order valence-electron chi connectivity index (χ0n) is 8.83. The van der Waals surface area contributed by atoms with Gasteiger partial charge in [0.15, 0.2) is 5.65 Å². The Labute approximate surface area is 96.6 Å². The van der Waals surface area contributed by atoms with Gasteiger partial charge in [0, 0.05) is 0 Å². The third kappa shape index (κ3) is 2.04. The summed E-state index contributed by atoms with van der Waals surface area (Å²) in [5, 5.41) is 8.09. The monoisotopic (exact) mass is 256 g/mol. The third-order valence-electron chi connectivity index (χ3n) is 2.02. The Morgan fingerprint density at radius 1 is 1.47 bits per heavy atom. The number of fused-ring (bicyclic) bond motifs is 1. The quantitative estimate of drug-likeness (QED) is 0.849. The fraction of sp³-hybridized carbons (Fsp3) is 0.111. The van der Waals surface area contributed by atoms with Crippen LogP contribution in [0.4, 0.5) is 4.39 Å². The van der Waals surface area contributed by atoms with Gasteiger partial charge in [-0.2, -0.15) is 19.0 Å². The number of aromatic nitrogens is 3. The second kappa shape index (κ2) is 3.90. The maximum absolute atomic E-state index is 13.4. The van der Waals surface area contributed by atoms with Crippen LogP contribution in [0, 0.1) is 5.95 Å². The molecular weight excluding hydrogens is 247 g/mol. The number of imidazole rings is 1. The molecule has 6 nitrogen and oxygen atoms in total. The average Bonchev–Trinajstić information content (AvgIpc) is 2.53. The topological polar surface area (TPSA) is 90.3 Å². The minimum atomic E-state index is -4.21. The van der Waals surface area contributed by atoms with Gasteiger partial charge in [0.25, 0.3) is 16.0 Å². The first-order valence-corrected chi connectivity index (χ1v) is 6.19. The number of allylic oxidation sites excluding steroid dienone is 1. The molecule has 0 amide bonds. The van der Waals surface area contributed by atoms with Gasteiger partial charge in [0.2, 0.25) is 5.03 Å². The summed E-state index contributed by atoms with van der Waals surface area (Å²) in [6.45, 7) is 1.78. The van der Waals surface area contributed by atoms with Crippen LogP contribution in [-0.2, 0) is 10.0 Å². The molecule has 0 bridgehead atoms. The van der Waals surface area contributed by atoms with E-state index in [1.165, 1.54) is 6.07 Å². The highest BCUT2D eigenvalue weighted by Crippen LogP contribution is 2.14. The minimum Gasteiger partial charge on any atom is -0.223 e. The Hall–Kier alpha value is -1.80. The number of hydrogen-bond donors (Lipinski definition) is 1. The molecule has 2 aromatic heterocycles. The number of halogens is 1. The third-order valence-corrected chi connectivity index (χ3v) is 2.90. The molecule has 2 heterocycles. The molecule has 0 aromatic carbocycles. The molecule has 17 heavy (non-hydrogen) atoms. The van der Waals surface area contributed by atoms with E-state index in [1.54, 1.807) is 25.1 Å². The number of rotatable bonds is 2. The van der Waals surface area contributed by atoms with E-state index in [-0.39, 0.29) is 5.65 Å². The van der Waals surface area contributed by atoms with E-state index in [4.69, 9.17) is 5.14 Å². The van der Waals surface area contributed by atoms with Gasteiger partial charge in [-0.05, 0) is 25.1 Å². The highest BCUT2D eigenvalue weighted by molar-refractivity contribution is 7.89. The Balaban J connectivity index is 2.83. The van der Waals surface area contributed by atoms with Crippen LogP contribution >= 0.6 is 0 Å². The van der Waals surface area contributed by atoms with Crippen LogP contribution in [-0.4, -0.2) is 23.0 Å². The molecule has 0 fully saturated rings. The van der Waals surface area contributed by atoms with Crippen molar-refractivity contribution in [1.82, 2.24) is 14.6 Å². The predicted molar refractivity (Wildman–Crippen MR) is 59.0 cm³/mol. The lowest BCUT2D eigenvalue weighted by Crippen LogP contribution is -2.17. The lowest BCUT2D eigenvalue weighted by molar-refractivity contribution is 0.533. The van der Waals surface area contributed by atoms with Gasteiger partial charge >= 0.3 is 0 Å². The number of sulfonamides is 1. The summed E-state index contributed by atoms with van der Waals surface area (Å²) in [7, 11) is -4.21. The van der Waals surface area contributed by atoms with Gasteiger partial charge < -0.3 is 0 Å². The van der Waals surface area contributed by atoms with Gasteiger partial charge in [-0.25, -0.2) is 13.6 Å². The second-order valence-electron chi connectivity index (χ2n) is 3.28. The normalized spacial score (nSPS) is 12.6. The first-order chi connectivity index (χ1) is 7.93. The molecule has 2 rings (SSSR count). The summed E-state index contributed by atoms with van der Waals surface area (Å²) in [4.78, 5) is 3.43. The van der Waals surface area contributed by atoms with Crippen LogP contribution < -0.4 is 5.14 Å². The Morgan fingerprint density at radius 3 is 2.76 bits per heavy atom. The number of nitrogens with zero attached hydrogens (tertiary/aromatic N) is 3. The van der Waals surface area contributed by atoms with Crippen molar-refractivity contribution in [2.45, 2.75) is 11.9 Å². The van der Waals surface area contributed by atoms with Gasteiger partial charge in [0.05, 0.1) is 5.69 Å². The fourth-order valence-electron chi connectivity index (χ4n) is 1.40. The molecule has 2 aromatic rings. The van der Waals surface area contributed by atoms with Crippen LogP contribution in [0.3, 0.4) is 0 Å². The zero-order chi connectivity index (χ0) is 12.6. The lowest BCUT2D eigenvalue weighted by atomic mass is 10.3. The minimum absolute atomic E-state index is 0.0831. The van der Waals surface area contributed by atoms with Crippen molar-refractivity contribution >= 4 is 21.7 Å². The summed E-state index contributed by atoms with van der Waals surface area (Å²) >= 11 is 0. The van der Waals surface area contributed by atoms with Gasteiger partial charge in [0.1, 0.15) is 0 Å². The molecule has 0 radical (unpaired) electrons. The summed E-state index contributed by atoms with van der Waals surface area (Å²) in [6, 6.07) is 3.05. The van der Waals surface area contributed by atoms with E-state index >= 15 is 0 Å². The van der Waals surface area contributed by atoms with Crippen LogP contribution in [0.25, 0.3) is 11.7 Å². The van der Waals surface area contributed by atoms with Gasteiger partial charge in [-0.15, -0.1) is 0 Å². The van der Waals surface area contributed by atoms with Crippen molar-refractivity contribution in [2.24, 2.45) is 5.14 Å². The van der Waals surface area contributed by atoms with Crippen molar-refractivity contribution < 1.29 is 12.8 Å². The van der Waals surface area contributed by atoms with Crippen molar-refractivity contribution in [3.05, 3.63) is 29.9 Å². The zero-order valence-corrected chi connectivity index (χ0v) is 9.65. The van der Waals surface area contributed by atoms with E-state index in [9.17, 15) is 12.8 Å². The highest BCUT2D eigenvalue weighted by Gasteiger charge is 2.23. The molecule has 0 aliphatic heterocycles. The molecule has 0 aliphatic rings. The van der Waals surface area contributed by atoms with Crippen molar-refractivity contribution in [3.63, 3.8) is 0 Å². The van der Waals surface area contributed by atoms with Crippen LogP contribution in [0.15, 0.2) is 23.2 Å². The number of nitrogens with two attached hydrogens (primary N) is 1. The van der Waals surface area contributed by atoms with E-state index in [2.05, 4.69) is 10.1 Å². The molecular formula is C9H9FN4O2S. The van der Waals surface area contributed by atoms with Crippen LogP contribution in [0.1, 0.15) is 12.6 Å². The van der Waals surface area contributed by atoms with Crippen molar-refractivity contribution in [2.75, 3.05) is 0 Å². The molecule has 0 saturated heterocycles. The lowest BCUT2D eigenvalue weighted by Gasteiger charge is -1.99. The molecule has 0 spiro atoms. The molecule has 8 heteroatoms. The van der Waals surface area contributed by atoms with Crippen molar-refractivity contribution in [3.8, 4) is 0 Å². The maximum Gasteiger partial charge on any atom is 0.260 e. The average molecular weight is 256 g/mol. The molecule has 2 N–H and O–H groups in total.